The fraction of sp³-hybridized carbons (Fsp3) is 0.765. The SMILES string of the molecule is CN=C(NCCCN1CCCC(C)C1)NCCc1csc(C)n1. The van der Waals surface area contributed by atoms with Crippen LogP contribution in [0, 0.1) is 12.8 Å². The summed E-state index contributed by atoms with van der Waals surface area (Å²) in [7, 11) is 1.83. The largest absolute Gasteiger partial charge is 0.356 e. The van der Waals surface area contributed by atoms with E-state index in [1.807, 2.05) is 14.0 Å². The highest BCUT2D eigenvalue weighted by atomic mass is 32.1. The highest BCUT2D eigenvalue weighted by molar-refractivity contribution is 7.09. The first kappa shape index (κ1) is 18.2. The van der Waals surface area contributed by atoms with Crippen molar-refractivity contribution in [2.75, 3.05) is 39.8 Å². The van der Waals surface area contributed by atoms with Gasteiger partial charge in [0.25, 0.3) is 0 Å². The van der Waals surface area contributed by atoms with Gasteiger partial charge in [-0.15, -0.1) is 11.3 Å². The van der Waals surface area contributed by atoms with Crippen molar-refractivity contribution in [2.24, 2.45) is 10.9 Å². The lowest BCUT2D eigenvalue weighted by Crippen LogP contribution is -2.40. The first-order valence-corrected chi connectivity index (χ1v) is 9.63. The van der Waals surface area contributed by atoms with Crippen LogP contribution in [0.4, 0.5) is 0 Å². The molecule has 0 bridgehead atoms. The van der Waals surface area contributed by atoms with Gasteiger partial charge in [0.1, 0.15) is 0 Å². The fourth-order valence-electron chi connectivity index (χ4n) is 3.05. The third-order valence-electron chi connectivity index (χ3n) is 4.25. The average Bonchev–Trinajstić information content (AvgIpc) is 2.95. The van der Waals surface area contributed by atoms with Gasteiger partial charge in [0.2, 0.25) is 0 Å². The molecule has 0 spiro atoms. The number of likely N-dealkylation sites (tertiary alicyclic amines) is 1. The zero-order valence-electron chi connectivity index (χ0n) is 14.8. The van der Waals surface area contributed by atoms with E-state index in [0.29, 0.717) is 0 Å². The number of aromatic nitrogens is 1. The molecule has 2 rings (SSSR count). The maximum atomic E-state index is 4.48. The number of guanidine groups is 1. The van der Waals surface area contributed by atoms with E-state index in [1.165, 1.54) is 38.9 Å². The number of aryl methyl sites for hydroxylation is 1. The first-order chi connectivity index (χ1) is 11.2. The summed E-state index contributed by atoms with van der Waals surface area (Å²) in [4.78, 5) is 11.4. The van der Waals surface area contributed by atoms with Crippen LogP contribution in [0.2, 0.25) is 0 Å². The summed E-state index contributed by atoms with van der Waals surface area (Å²) in [5.41, 5.74) is 1.16. The molecule has 2 N–H and O–H groups in total. The minimum atomic E-state index is 0.862. The smallest absolute Gasteiger partial charge is 0.190 e. The van der Waals surface area contributed by atoms with E-state index in [0.717, 1.165) is 42.1 Å². The Bertz CT molecular complexity index is 485. The number of piperidine rings is 1. The van der Waals surface area contributed by atoms with Crippen molar-refractivity contribution in [1.82, 2.24) is 20.5 Å². The van der Waals surface area contributed by atoms with Crippen molar-refractivity contribution in [1.29, 1.82) is 0 Å². The molecular weight excluding hydrogens is 306 g/mol. The normalized spacial score (nSPS) is 19.8. The van der Waals surface area contributed by atoms with Crippen LogP contribution in [0.1, 0.15) is 36.9 Å². The summed E-state index contributed by atoms with van der Waals surface area (Å²) < 4.78 is 0. The van der Waals surface area contributed by atoms with E-state index < -0.39 is 0 Å². The summed E-state index contributed by atoms with van der Waals surface area (Å²) in [6.45, 7) is 9.97. The maximum absolute atomic E-state index is 4.48. The minimum absolute atomic E-state index is 0.862. The second kappa shape index (κ2) is 9.88. The Hall–Kier alpha value is -1.14. The Morgan fingerprint density at radius 1 is 1.43 bits per heavy atom. The molecule has 1 saturated heterocycles. The van der Waals surface area contributed by atoms with Crippen molar-refractivity contribution in [3.8, 4) is 0 Å². The van der Waals surface area contributed by atoms with Gasteiger partial charge in [0.15, 0.2) is 5.96 Å². The summed E-state index contributed by atoms with van der Waals surface area (Å²) >= 11 is 1.71. The Labute approximate surface area is 144 Å². The minimum Gasteiger partial charge on any atom is -0.356 e. The Morgan fingerprint density at radius 3 is 2.96 bits per heavy atom. The second-order valence-electron chi connectivity index (χ2n) is 6.44. The standard InChI is InChI=1S/C17H31N5S/c1-14-6-4-10-22(12-14)11-5-8-19-17(18-3)20-9-7-16-13-23-15(2)21-16/h13-14H,4-12H2,1-3H3,(H2,18,19,20). The van der Waals surface area contributed by atoms with Gasteiger partial charge in [-0.3, -0.25) is 4.99 Å². The third-order valence-corrected chi connectivity index (χ3v) is 5.07. The molecule has 0 radical (unpaired) electrons. The van der Waals surface area contributed by atoms with Gasteiger partial charge in [-0.05, 0) is 45.2 Å². The van der Waals surface area contributed by atoms with Crippen LogP contribution in [0.5, 0.6) is 0 Å². The van der Waals surface area contributed by atoms with Gasteiger partial charge in [-0.25, -0.2) is 4.98 Å². The molecule has 1 fully saturated rings. The topological polar surface area (TPSA) is 52.6 Å². The van der Waals surface area contributed by atoms with E-state index in [9.17, 15) is 0 Å². The van der Waals surface area contributed by atoms with E-state index >= 15 is 0 Å². The van der Waals surface area contributed by atoms with Gasteiger partial charge in [0, 0.05) is 38.5 Å². The molecule has 23 heavy (non-hydrogen) atoms. The number of thiazole rings is 1. The Balaban J connectivity index is 1.56. The number of nitrogens with one attached hydrogen (secondary N) is 2. The number of rotatable bonds is 7. The molecule has 0 aromatic carbocycles. The molecule has 0 amide bonds. The molecule has 1 unspecified atom stereocenters. The molecule has 1 aliphatic heterocycles. The van der Waals surface area contributed by atoms with Gasteiger partial charge in [-0.1, -0.05) is 6.92 Å². The number of hydrogen-bond donors (Lipinski definition) is 2. The summed E-state index contributed by atoms with van der Waals surface area (Å²) in [6.07, 6.45) is 4.85. The van der Waals surface area contributed by atoms with Crippen molar-refractivity contribution in [2.45, 2.75) is 39.5 Å². The average molecular weight is 338 g/mol. The van der Waals surface area contributed by atoms with Gasteiger partial charge >= 0.3 is 0 Å². The fourth-order valence-corrected chi connectivity index (χ4v) is 3.70. The van der Waals surface area contributed by atoms with Crippen LogP contribution in [-0.2, 0) is 6.42 Å². The molecule has 5 nitrogen and oxygen atoms in total. The highest BCUT2D eigenvalue weighted by Crippen LogP contribution is 2.15. The quantitative estimate of drug-likeness (QED) is 0.455. The first-order valence-electron chi connectivity index (χ1n) is 8.75. The van der Waals surface area contributed by atoms with Crippen molar-refractivity contribution >= 4 is 17.3 Å². The summed E-state index contributed by atoms with van der Waals surface area (Å²) in [5, 5.41) is 10.0. The van der Waals surface area contributed by atoms with Crippen LogP contribution >= 0.6 is 11.3 Å². The lowest BCUT2D eigenvalue weighted by Gasteiger charge is -2.30. The summed E-state index contributed by atoms with van der Waals surface area (Å²) in [6, 6.07) is 0. The zero-order valence-corrected chi connectivity index (χ0v) is 15.6. The molecular formula is C17H31N5S. The van der Waals surface area contributed by atoms with E-state index in [4.69, 9.17) is 0 Å². The van der Waals surface area contributed by atoms with Crippen molar-refractivity contribution < 1.29 is 0 Å². The highest BCUT2D eigenvalue weighted by Gasteiger charge is 2.15. The molecule has 0 saturated carbocycles. The Kier molecular flexibility index (Phi) is 7.82. The number of nitrogens with zero attached hydrogens (tertiary/aromatic N) is 3. The van der Waals surface area contributed by atoms with E-state index in [1.54, 1.807) is 11.3 Å². The van der Waals surface area contributed by atoms with Crippen LogP contribution in [-0.4, -0.2) is 55.6 Å². The molecule has 1 aromatic heterocycles. The second-order valence-corrected chi connectivity index (χ2v) is 7.50. The predicted octanol–water partition coefficient (Wildman–Crippen LogP) is 2.28. The zero-order chi connectivity index (χ0) is 16.5. The lowest BCUT2D eigenvalue weighted by atomic mass is 10.0. The van der Waals surface area contributed by atoms with Crippen LogP contribution < -0.4 is 10.6 Å². The van der Waals surface area contributed by atoms with E-state index in [-0.39, 0.29) is 0 Å². The summed E-state index contributed by atoms with van der Waals surface area (Å²) in [5.74, 6) is 1.75. The Morgan fingerprint density at radius 2 is 2.26 bits per heavy atom. The molecule has 1 aliphatic rings. The predicted molar refractivity (Wildman–Crippen MR) is 99.4 cm³/mol. The molecule has 1 atom stereocenters. The molecule has 130 valence electrons. The molecule has 1 aromatic rings. The van der Waals surface area contributed by atoms with Crippen molar-refractivity contribution in [3.05, 3.63) is 16.1 Å². The van der Waals surface area contributed by atoms with Gasteiger partial charge in [0.05, 0.1) is 10.7 Å². The van der Waals surface area contributed by atoms with Crippen LogP contribution in [0.3, 0.4) is 0 Å². The number of aliphatic imine (C=N–C) groups is 1. The van der Waals surface area contributed by atoms with Crippen molar-refractivity contribution in [3.63, 3.8) is 0 Å². The molecule has 2 heterocycles. The van der Waals surface area contributed by atoms with E-state index in [2.05, 4.69) is 37.8 Å². The number of hydrogen-bond acceptors (Lipinski definition) is 4. The lowest BCUT2D eigenvalue weighted by molar-refractivity contribution is 0.182. The monoisotopic (exact) mass is 337 g/mol. The van der Waals surface area contributed by atoms with Gasteiger partial charge < -0.3 is 15.5 Å². The molecule has 0 aliphatic carbocycles. The third kappa shape index (κ3) is 6.87. The maximum Gasteiger partial charge on any atom is 0.190 e. The molecule has 6 heteroatoms. The van der Waals surface area contributed by atoms with Crippen LogP contribution in [0.25, 0.3) is 0 Å². The van der Waals surface area contributed by atoms with Crippen LogP contribution in [0.15, 0.2) is 10.4 Å². The van der Waals surface area contributed by atoms with Gasteiger partial charge in [-0.2, -0.15) is 0 Å².